The number of fused-ring (bicyclic) bond motifs is 1. The maximum absolute atomic E-state index is 13.4. The number of hydrogen-bond acceptors (Lipinski definition) is 7. The Balaban J connectivity index is 1.22. The van der Waals surface area contributed by atoms with Gasteiger partial charge in [-0.2, -0.15) is 17.7 Å². The summed E-state index contributed by atoms with van der Waals surface area (Å²) in [7, 11) is 0. The Morgan fingerprint density at radius 2 is 1.91 bits per heavy atom. The van der Waals surface area contributed by atoms with Gasteiger partial charge in [0.05, 0.1) is 5.69 Å². The summed E-state index contributed by atoms with van der Waals surface area (Å²) in [6.45, 7) is 0.902. The summed E-state index contributed by atoms with van der Waals surface area (Å²) in [6, 6.07) is 9.08. The maximum Gasteiger partial charge on any atom is 0.453 e. The lowest BCUT2D eigenvalue weighted by atomic mass is 9.96. The highest BCUT2D eigenvalue weighted by atomic mass is 32.1. The van der Waals surface area contributed by atoms with Crippen molar-refractivity contribution in [2.75, 3.05) is 23.3 Å². The van der Waals surface area contributed by atoms with Crippen LogP contribution in [0.3, 0.4) is 0 Å². The number of carbonyl (C=O) groups excluding carboxylic acids is 1. The molecule has 8 nitrogen and oxygen atoms in total. The Hall–Kier alpha value is -3.61. The van der Waals surface area contributed by atoms with Gasteiger partial charge in [0.2, 0.25) is 5.91 Å². The normalized spacial score (nSPS) is 15.1. The molecule has 0 aliphatic carbocycles. The first-order valence-corrected chi connectivity index (χ1v) is 11.2. The molecule has 0 radical (unpaired) electrons. The predicted molar refractivity (Wildman–Crippen MR) is 117 cm³/mol. The van der Waals surface area contributed by atoms with Crippen molar-refractivity contribution in [1.82, 2.24) is 24.8 Å². The molecule has 0 atom stereocenters. The first-order valence-electron chi connectivity index (χ1n) is 10.3. The molecular formula is C21H17F4N7OS. The monoisotopic (exact) mass is 491 g/mol. The van der Waals surface area contributed by atoms with Gasteiger partial charge < -0.3 is 10.2 Å². The number of rotatable bonds is 4. The van der Waals surface area contributed by atoms with Crippen LogP contribution in [-0.2, 0) is 11.0 Å². The van der Waals surface area contributed by atoms with E-state index in [0.717, 1.165) is 0 Å². The molecule has 0 bridgehead atoms. The second-order valence-corrected chi connectivity index (χ2v) is 8.64. The lowest BCUT2D eigenvalue weighted by Gasteiger charge is -2.31. The summed E-state index contributed by atoms with van der Waals surface area (Å²) < 4.78 is 53.5. The van der Waals surface area contributed by atoms with Crippen LogP contribution >= 0.6 is 11.3 Å². The van der Waals surface area contributed by atoms with E-state index in [-0.39, 0.29) is 23.3 Å². The molecule has 1 aliphatic rings. The molecule has 0 spiro atoms. The summed E-state index contributed by atoms with van der Waals surface area (Å²) in [5, 5.41) is 15.7. The van der Waals surface area contributed by atoms with E-state index in [1.54, 1.807) is 23.6 Å². The van der Waals surface area contributed by atoms with E-state index in [9.17, 15) is 22.4 Å². The van der Waals surface area contributed by atoms with E-state index in [4.69, 9.17) is 0 Å². The quantitative estimate of drug-likeness (QED) is 0.429. The van der Waals surface area contributed by atoms with Crippen molar-refractivity contribution >= 4 is 33.8 Å². The number of nitrogens with one attached hydrogen (secondary N) is 1. The van der Waals surface area contributed by atoms with Crippen molar-refractivity contribution in [3.8, 4) is 11.3 Å². The van der Waals surface area contributed by atoms with Crippen LogP contribution in [0.2, 0.25) is 0 Å². The first-order chi connectivity index (χ1) is 16.3. The Morgan fingerprint density at radius 3 is 2.65 bits per heavy atom. The van der Waals surface area contributed by atoms with Crippen molar-refractivity contribution in [3.63, 3.8) is 0 Å². The van der Waals surface area contributed by atoms with Crippen LogP contribution in [0.5, 0.6) is 0 Å². The zero-order valence-electron chi connectivity index (χ0n) is 17.5. The molecule has 4 aromatic rings. The van der Waals surface area contributed by atoms with Crippen LogP contribution < -0.4 is 10.2 Å². The van der Waals surface area contributed by atoms with Crippen LogP contribution in [0.25, 0.3) is 16.9 Å². The molecule has 1 fully saturated rings. The summed E-state index contributed by atoms with van der Waals surface area (Å²) in [6.07, 6.45) is -3.66. The average Bonchev–Trinajstić information content (AvgIpc) is 3.46. The number of alkyl halides is 3. The van der Waals surface area contributed by atoms with Gasteiger partial charge in [-0.3, -0.25) is 4.79 Å². The lowest BCUT2D eigenvalue weighted by Crippen LogP contribution is -2.38. The minimum Gasteiger partial charge on any atom is -0.355 e. The van der Waals surface area contributed by atoms with E-state index in [0.29, 0.717) is 52.7 Å². The number of benzene rings is 1. The number of hydrogen-bond donors (Lipinski definition) is 1. The van der Waals surface area contributed by atoms with E-state index in [1.807, 2.05) is 4.90 Å². The Morgan fingerprint density at radius 1 is 1.12 bits per heavy atom. The molecular weight excluding hydrogens is 474 g/mol. The Labute approximate surface area is 194 Å². The molecule has 4 heterocycles. The van der Waals surface area contributed by atoms with Gasteiger partial charge in [0.15, 0.2) is 10.8 Å². The van der Waals surface area contributed by atoms with E-state index in [1.165, 1.54) is 29.5 Å². The molecule has 1 amide bonds. The average molecular weight is 491 g/mol. The van der Waals surface area contributed by atoms with Gasteiger partial charge in [-0.25, -0.2) is 9.37 Å². The van der Waals surface area contributed by atoms with Gasteiger partial charge in [0, 0.05) is 30.0 Å². The summed E-state index contributed by atoms with van der Waals surface area (Å²) in [5.74, 6) is -1.64. The maximum atomic E-state index is 13.4. The Kier molecular flexibility index (Phi) is 5.63. The number of amides is 1. The molecule has 34 heavy (non-hydrogen) atoms. The third kappa shape index (κ3) is 4.42. The highest BCUT2D eigenvalue weighted by molar-refractivity contribution is 7.14. The van der Waals surface area contributed by atoms with Crippen molar-refractivity contribution in [1.29, 1.82) is 0 Å². The zero-order chi connectivity index (χ0) is 23.9. The topological polar surface area (TPSA) is 88.3 Å². The van der Waals surface area contributed by atoms with Crippen molar-refractivity contribution in [3.05, 3.63) is 53.4 Å². The van der Waals surface area contributed by atoms with Crippen molar-refractivity contribution in [2.24, 2.45) is 5.92 Å². The molecule has 1 aromatic carbocycles. The summed E-state index contributed by atoms with van der Waals surface area (Å²) >= 11 is 1.25. The second-order valence-electron chi connectivity index (χ2n) is 7.78. The highest BCUT2D eigenvalue weighted by Gasteiger charge is 2.38. The van der Waals surface area contributed by atoms with Crippen LogP contribution in [0.1, 0.15) is 18.7 Å². The van der Waals surface area contributed by atoms with Crippen molar-refractivity contribution in [2.45, 2.75) is 19.0 Å². The minimum absolute atomic E-state index is 0.00592. The number of thiazole rings is 1. The smallest absolute Gasteiger partial charge is 0.355 e. The van der Waals surface area contributed by atoms with Gasteiger partial charge in [0.25, 0.3) is 5.82 Å². The van der Waals surface area contributed by atoms with E-state index in [2.05, 4.69) is 25.6 Å². The third-order valence-electron chi connectivity index (χ3n) is 5.55. The first kappa shape index (κ1) is 22.2. The standard InChI is InChI=1S/C21H17F4N7OS/c22-14-3-1-2-13(10-14)15-11-34-20(26-15)27-18(33)12-6-8-31(9-7-12)17-5-4-16-28-29-19(21(23,24)25)32(16)30-17/h1-5,10-12H,6-9H2,(H,26,27,33). The molecule has 0 unspecified atom stereocenters. The SMILES string of the molecule is O=C(Nc1nc(-c2cccc(F)c2)cs1)C1CCN(c2ccc3nnc(C(F)(F)F)n3n2)CC1. The third-order valence-corrected chi connectivity index (χ3v) is 6.30. The number of carbonyl (C=O) groups is 1. The molecule has 5 rings (SSSR count). The Bertz CT molecular complexity index is 1340. The van der Waals surface area contributed by atoms with E-state index < -0.39 is 12.0 Å². The molecule has 13 heteroatoms. The molecule has 1 aliphatic heterocycles. The molecule has 1 saturated heterocycles. The number of nitrogens with zero attached hydrogens (tertiary/aromatic N) is 6. The minimum atomic E-state index is -4.67. The lowest BCUT2D eigenvalue weighted by molar-refractivity contribution is -0.146. The fraction of sp³-hybridized carbons (Fsp3) is 0.286. The molecule has 1 N–H and O–H groups in total. The number of piperidine rings is 1. The number of halogens is 4. The van der Waals surface area contributed by atoms with Gasteiger partial charge in [0.1, 0.15) is 11.6 Å². The molecule has 3 aromatic heterocycles. The van der Waals surface area contributed by atoms with Crippen LogP contribution in [0.4, 0.5) is 28.5 Å². The molecule has 0 saturated carbocycles. The van der Waals surface area contributed by atoms with Gasteiger partial charge in [-0.05, 0) is 37.1 Å². The van der Waals surface area contributed by atoms with Crippen LogP contribution in [0, 0.1) is 11.7 Å². The van der Waals surface area contributed by atoms with Gasteiger partial charge >= 0.3 is 6.18 Å². The zero-order valence-corrected chi connectivity index (χ0v) is 18.3. The summed E-state index contributed by atoms with van der Waals surface area (Å²) in [4.78, 5) is 18.9. The predicted octanol–water partition coefficient (Wildman–Crippen LogP) is 4.26. The number of aromatic nitrogens is 5. The largest absolute Gasteiger partial charge is 0.453 e. The fourth-order valence-corrected chi connectivity index (χ4v) is 4.54. The fourth-order valence-electron chi connectivity index (χ4n) is 3.81. The van der Waals surface area contributed by atoms with E-state index >= 15 is 0 Å². The number of anilines is 2. The second kappa shape index (κ2) is 8.63. The molecule has 176 valence electrons. The summed E-state index contributed by atoms with van der Waals surface area (Å²) in [5.41, 5.74) is 1.20. The highest BCUT2D eigenvalue weighted by Crippen LogP contribution is 2.30. The van der Waals surface area contributed by atoms with Crippen molar-refractivity contribution < 1.29 is 22.4 Å². The van der Waals surface area contributed by atoms with Gasteiger partial charge in [-0.1, -0.05) is 12.1 Å². The van der Waals surface area contributed by atoms with Gasteiger partial charge in [-0.15, -0.1) is 26.6 Å². The van der Waals surface area contributed by atoms with Crippen LogP contribution in [0.15, 0.2) is 41.8 Å². The van der Waals surface area contributed by atoms with Crippen LogP contribution in [-0.4, -0.2) is 43.8 Å².